The van der Waals surface area contributed by atoms with Crippen molar-refractivity contribution in [1.82, 2.24) is 15.0 Å². The van der Waals surface area contributed by atoms with Crippen LogP contribution in [-0.4, -0.2) is 38.9 Å². The van der Waals surface area contributed by atoms with E-state index < -0.39 is 12.3 Å². The van der Waals surface area contributed by atoms with Gasteiger partial charge < -0.3 is 14.6 Å². The highest BCUT2D eigenvalue weighted by Gasteiger charge is 2.12. The summed E-state index contributed by atoms with van der Waals surface area (Å²) in [6.45, 7) is 4.58. The Morgan fingerprint density at radius 3 is 2.75 bits per heavy atom. The normalized spacial score (nSPS) is 11.6. The number of aliphatic hydroxyl groups is 1. The van der Waals surface area contributed by atoms with Gasteiger partial charge in [0.15, 0.2) is 6.61 Å². The van der Waals surface area contributed by atoms with E-state index in [1.807, 2.05) is 0 Å². The van der Waals surface area contributed by atoms with Gasteiger partial charge in [-0.15, -0.1) is 0 Å². The molecular formula is C9H11N3O4. The molecule has 0 aliphatic rings. The summed E-state index contributed by atoms with van der Waals surface area (Å²) in [4.78, 5) is 21.9. The van der Waals surface area contributed by atoms with E-state index in [-0.39, 0.29) is 18.2 Å². The lowest BCUT2D eigenvalue weighted by molar-refractivity contribution is -0.167. The smallest absolute Gasteiger partial charge is 0.335 e. The van der Waals surface area contributed by atoms with Crippen LogP contribution in [0.1, 0.15) is 6.92 Å². The highest BCUT2D eigenvalue weighted by Crippen LogP contribution is 2.00. The van der Waals surface area contributed by atoms with E-state index in [4.69, 9.17) is 4.74 Å². The first kappa shape index (κ1) is 12.1. The zero-order chi connectivity index (χ0) is 12.0. The second-order valence-corrected chi connectivity index (χ2v) is 2.87. The Hall–Kier alpha value is -2.02. The zero-order valence-corrected chi connectivity index (χ0v) is 8.66. The number of aliphatic hydroxyl groups excluding tert-OH is 1. The number of ether oxygens (including phenoxy) is 2. The first-order chi connectivity index (χ1) is 7.59. The molecule has 1 unspecified atom stereocenters. The summed E-state index contributed by atoms with van der Waals surface area (Å²) >= 11 is 0. The Bertz CT molecular complexity index is 368. The molecule has 0 radical (unpaired) electrons. The van der Waals surface area contributed by atoms with Crippen LogP contribution < -0.4 is 4.74 Å². The zero-order valence-electron chi connectivity index (χ0n) is 8.66. The fourth-order valence-electron chi connectivity index (χ4n) is 0.707. The molecule has 0 saturated heterocycles. The van der Waals surface area contributed by atoms with Crippen LogP contribution in [0.15, 0.2) is 24.8 Å². The fourth-order valence-corrected chi connectivity index (χ4v) is 0.707. The molecule has 0 saturated carbocycles. The molecule has 7 nitrogen and oxygen atoms in total. The van der Waals surface area contributed by atoms with Gasteiger partial charge in [0.05, 0.1) is 0 Å². The molecule has 1 atom stereocenters. The second kappa shape index (κ2) is 5.76. The number of rotatable bonds is 5. The van der Waals surface area contributed by atoms with Crippen molar-refractivity contribution in [2.45, 2.75) is 13.2 Å². The van der Waals surface area contributed by atoms with Gasteiger partial charge in [-0.2, -0.15) is 9.97 Å². The number of aromatic nitrogens is 3. The van der Waals surface area contributed by atoms with Gasteiger partial charge >= 0.3 is 12.0 Å². The van der Waals surface area contributed by atoms with Gasteiger partial charge in [0, 0.05) is 5.57 Å². The third kappa shape index (κ3) is 4.01. The molecule has 1 aromatic heterocycles. The molecular weight excluding hydrogens is 214 g/mol. The molecule has 1 aromatic rings. The second-order valence-electron chi connectivity index (χ2n) is 2.87. The summed E-state index contributed by atoms with van der Waals surface area (Å²) in [5.74, 6) is -0.688. The van der Waals surface area contributed by atoms with Crippen LogP contribution in [-0.2, 0) is 9.53 Å². The molecule has 0 aromatic carbocycles. The minimum atomic E-state index is -1.39. The maximum absolute atomic E-state index is 11.0. The number of hydrogen-bond donors (Lipinski definition) is 1. The topological polar surface area (TPSA) is 94.4 Å². The van der Waals surface area contributed by atoms with Crippen LogP contribution in [0.4, 0.5) is 0 Å². The van der Waals surface area contributed by atoms with Crippen LogP contribution >= 0.6 is 0 Å². The monoisotopic (exact) mass is 225 g/mol. The van der Waals surface area contributed by atoms with Crippen molar-refractivity contribution in [3.05, 3.63) is 24.8 Å². The van der Waals surface area contributed by atoms with Crippen molar-refractivity contribution in [2.75, 3.05) is 6.61 Å². The van der Waals surface area contributed by atoms with Gasteiger partial charge in [-0.3, -0.25) is 0 Å². The van der Waals surface area contributed by atoms with Gasteiger partial charge in [-0.1, -0.05) is 6.58 Å². The van der Waals surface area contributed by atoms with Crippen LogP contribution in [0.5, 0.6) is 6.01 Å². The van der Waals surface area contributed by atoms with Crippen LogP contribution in [0, 0.1) is 0 Å². The van der Waals surface area contributed by atoms with Crippen molar-refractivity contribution < 1.29 is 19.4 Å². The van der Waals surface area contributed by atoms with Crippen molar-refractivity contribution in [2.24, 2.45) is 0 Å². The van der Waals surface area contributed by atoms with E-state index in [0.29, 0.717) is 0 Å². The molecule has 1 rings (SSSR count). The van der Waals surface area contributed by atoms with E-state index in [9.17, 15) is 9.90 Å². The minimum Gasteiger partial charge on any atom is -0.457 e. The van der Waals surface area contributed by atoms with Crippen LogP contribution in [0.3, 0.4) is 0 Å². The third-order valence-corrected chi connectivity index (χ3v) is 1.42. The van der Waals surface area contributed by atoms with E-state index >= 15 is 0 Å². The van der Waals surface area contributed by atoms with Crippen molar-refractivity contribution in [1.29, 1.82) is 0 Å². The number of carbonyl (C=O) groups is 1. The summed E-state index contributed by atoms with van der Waals surface area (Å²) in [7, 11) is 0. The molecule has 86 valence electrons. The average Bonchev–Trinajstić information content (AvgIpc) is 2.27. The first-order valence-electron chi connectivity index (χ1n) is 4.39. The fraction of sp³-hybridized carbons (Fsp3) is 0.333. The molecule has 0 fully saturated rings. The van der Waals surface area contributed by atoms with Crippen molar-refractivity contribution in [3.8, 4) is 6.01 Å². The molecule has 0 amide bonds. The summed E-state index contributed by atoms with van der Waals surface area (Å²) in [5.41, 5.74) is 0.194. The van der Waals surface area contributed by atoms with E-state index in [0.717, 1.165) is 0 Å². The number of carbonyl (C=O) groups excluding carboxylic acids is 1. The summed E-state index contributed by atoms with van der Waals surface area (Å²) in [5, 5.41) is 9.25. The molecule has 0 spiro atoms. The molecule has 16 heavy (non-hydrogen) atoms. The first-order valence-corrected chi connectivity index (χ1v) is 4.39. The molecule has 0 aliphatic carbocycles. The minimum absolute atomic E-state index is 0.0421. The Balaban J connectivity index is 2.33. The van der Waals surface area contributed by atoms with Crippen molar-refractivity contribution >= 4 is 5.97 Å². The Kier molecular flexibility index (Phi) is 4.34. The summed E-state index contributed by atoms with van der Waals surface area (Å²) in [6, 6.07) is 0.0421. The molecule has 1 heterocycles. The Morgan fingerprint density at radius 1 is 1.56 bits per heavy atom. The molecule has 0 aliphatic heterocycles. The van der Waals surface area contributed by atoms with Gasteiger partial charge in [-0.05, 0) is 6.92 Å². The lowest BCUT2D eigenvalue weighted by atomic mass is 10.4. The van der Waals surface area contributed by atoms with Crippen molar-refractivity contribution in [3.63, 3.8) is 0 Å². The maximum atomic E-state index is 11.0. The Morgan fingerprint density at radius 2 is 2.19 bits per heavy atom. The standard InChI is InChI=1S/C9H11N3O4/c1-6(2)8(14)16-7(13)3-15-9-11-4-10-5-12-9/h4-5,7,13H,1,3H2,2H3. The van der Waals surface area contributed by atoms with Crippen LogP contribution in [0.25, 0.3) is 0 Å². The summed E-state index contributed by atoms with van der Waals surface area (Å²) < 4.78 is 9.48. The molecule has 7 heteroatoms. The lowest BCUT2D eigenvalue weighted by Gasteiger charge is -2.11. The van der Waals surface area contributed by atoms with E-state index in [1.54, 1.807) is 0 Å². The SMILES string of the molecule is C=C(C)C(=O)OC(O)COc1ncncn1. The largest absolute Gasteiger partial charge is 0.457 e. The summed E-state index contributed by atoms with van der Waals surface area (Å²) in [6.07, 6.45) is 1.10. The predicted octanol–water partition coefficient (Wildman–Crippen LogP) is -0.312. The third-order valence-electron chi connectivity index (χ3n) is 1.42. The number of nitrogens with zero attached hydrogens (tertiary/aromatic N) is 3. The lowest BCUT2D eigenvalue weighted by Crippen LogP contribution is -2.25. The predicted molar refractivity (Wildman–Crippen MR) is 52.2 cm³/mol. The van der Waals surface area contributed by atoms with Gasteiger partial charge in [0.25, 0.3) is 0 Å². The molecule has 0 bridgehead atoms. The highest BCUT2D eigenvalue weighted by molar-refractivity contribution is 5.86. The van der Waals surface area contributed by atoms with E-state index in [2.05, 4.69) is 26.3 Å². The van der Waals surface area contributed by atoms with E-state index in [1.165, 1.54) is 19.6 Å². The van der Waals surface area contributed by atoms with Gasteiger partial charge in [-0.25, -0.2) is 9.78 Å². The van der Waals surface area contributed by atoms with Crippen LogP contribution in [0.2, 0.25) is 0 Å². The number of hydrogen-bond acceptors (Lipinski definition) is 7. The Labute approximate surface area is 91.8 Å². The molecule has 1 N–H and O–H groups in total. The van der Waals surface area contributed by atoms with Gasteiger partial charge in [0.2, 0.25) is 6.29 Å². The number of esters is 1. The van der Waals surface area contributed by atoms with Gasteiger partial charge in [0.1, 0.15) is 12.7 Å². The highest BCUT2D eigenvalue weighted by atomic mass is 16.7. The average molecular weight is 225 g/mol. The maximum Gasteiger partial charge on any atom is 0.335 e. The quantitative estimate of drug-likeness (QED) is 0.417.